The molecule has 0 spiro atoms. The molecule has 10 heavy (non-hydrogen) atoms. The van der Waals surface area contributed by atoms with E-state index in [4.69, 9.17) is 9.84 Å². The third-order valence-corrected chi connectivity index (χ3v) is 2.04. The lowest BCUT2D eigenvalue weighted by Gasteiger charge is -2.05. The van der Waals surface area contributed by atoms with Gasteiger partial charge in [0.25, 0.3) is 0 Å². The van der Waals surface area contributed by atoms with Crippen LogP contribution in [0.5, 0.6) is 0 Å². The van der Waals surface area contributed by atoms with Gasteiger partial charge in [-0.25, -0.2) is 0 Å². The Morgan fingerprint density at radius 2 is 2.40 bits per heavy atom. The van der Waals surface area contributed by atoms with Gasteiger partial charge < -0.3 is 9.84 Å². The summed E-state index contributed by atoms with van der Waals surface area (Å²) in [4.78, 5) is 10.1. The van der Waals surface area contributed by atoms with Gasteiger partial charge >= 0.3 is 5.97 Å². The highest BCUT2D eigenvalue weighted by Gasteiger charge is 2.06. The zero-order valence-corrected chi connectivity index (χ0v) is 6.98. The highest BCUT2D eigenvalue weighted by Crippen LogP contribution is 2.12. The van der Waals surface area contributed by atoms with E-state index in [1.54, 1.807) is 7.11 Å². The van der Waals surface area contributed by atoms with Crippen LogP contribution in [-0.4, -0.2) is 29.4 Å². The summed E-state index contributed by atoms with van der Waals surface area (Å²) in [7, 11) is 1.60. The van der Waals surface area contributed by atoms with Crippen molar-refractivity contribution >= 4 is 17.7 Å². The molecular formula is C6H12O3S. The van der Waals surface area contributed by atoms with Gasteiger partial charge in [-0.15, -0.1) is 11.8 Å². The lowest BCUT2D eigenvalue weighted by molar-refractivity contribution is -0.136. The van der Waals surface area contributed by atoms with E-state index in [1.807, 2.05) is 6.92 Å². The number of rotatable bonds is 5. The molecule has 0 heterocycles. The summed E-state index contributed by atoms with van der Waals surface area (Å²) in [6, 6.07) is 0. The third kappa shape index (κ3) is 5.91. The maximum atomic E-state index is 10.1. The monoisotopic (exact) mass is 164 g/mol. The van der Waals surface area contributed by atoms with Crippen molar-refractivity contribution in [2.45, 2.75) is 18.6 Å². The van der Waals surface area contributed by atoms with Crippen molar-refractivity contribution in [2.24, 2.45) is 0 Å². The summed E-state index contributed by atoms with van der Waals surface area (Å²) >= 11 is 1.50. The molecule has 0 saturated carbocycles. The average molecular weight is 164 g/mol. The van der Waals surface area contributed by atoms with Crippen molar-refractivity contribution in [3.05, 3.63) is 0 Å². The molecule has 0 aromatic rings. The van der Waals surface area contributed by atoms with Crippen LogP contribution < -0.4 is 0 Å². The molecule has 0 radical (unpaired) electrons. The first-order chi connectivity index (χ1) is 4.66. The number of hydrogen-bond acceptors (Lipinski definition) is 3. The van der Waals surface area contributed by atoms with Crippen LogP contribution >= 0.6 is 11.8 Å². The number of ether oxygens (including phenoxy) is 1. The Hall–Kier alpha value is -0.220. The molecule has 3 nitrogen and oxygen atoms in total. The predicted octanol–water partition coefficient (Wildman–Crippen LogP) is 1.19. The van der Waals surface area contributed by atoms with E-state index in [9.17, 15) is 4.79 Å². The minimum atomic E-state index is -0.754. The fourth-order valence-corrected chi connectivity index (χ4v) is 1.12. The zero-order chi connectivity index (χ0) is 7.98. The van der Waals surface area contributed by atoms with Crippen LogP contribution in [0.15, 0.2) is 0 Å². The van der Waals surface area contributed by atoms with Gasteiger partial charge in [0.1, 0.15) is 0 Å². The SMILES string of the molecule is COCSC(C)CC(=O)O. The normalized spacial score (nSPS) is 13.0. The van der Waals surface area contributed by atoms with Crippen LogP contribution in [-0.2, 0) is 9.53 Å². The minimum absolute atomic E-state index is 0.137. The highest BCUT2D eigenvalue weighted by atomic mass is 32.2. The summed E-state index contributed by atoms with van der Waals surface area (Å²) in [5.41, 5.74) is 0. The number of methoxy groups -OCH3 is 1. The summed E-state index contributed by atoms with van der Waals surface area (Å²) in [5, 5.41) is 8.47. The summed E-state index contributed by atoms with van der Waals surface area (Å²) in [6.07, 6.45) is 0.202. The maximum Gasteiger partial charge on any atom is 0.304 e. The summed E-state index contributed by atoms with van der Waals surface area (Å²) in [5.74, 6) is -0.190. The lowest BCUT2D eigenvalue weighted by Crippen LogP contribution is -2.06. The summed E-state index contributed by atoms with van der Waals surface area (Å²) in [6.45, 7) is 1.87. The molecule has 0 aliphatic rings. The van der Waals surface area contributed by atoms with E-state index in [1.165, 1.54) is 11.8 Å². The Balaban J connectivity index is 3.25. The molecule has 0 fully saturated rings. The molecule has 0 aliphatic heterocycles. The number of hydrogen-bond donors (Lipinski definition) is 1. The number of aliphatic carboxylic acids is 1. The van der Waals surface area contributed by atoms with Crippen LogP contribution in [0, 0.1) is 0 Å². The Labute approximate surface area is 64.8 Å². The molecule has 1 unspecified atom stereocenters. The molecule has 0 bridgehead atoms. The average Bonchev–Trinajstić information content (AvgIpc) is 1.82. The van der Waals surface area contributed by atoms with Crippen molar-refractivity contribution in [3.63, 3.8) is 0 Å². The molecule has 4 heteroatoms. The predicted molar refractivity (Wildman–Crippen MR) is 41.2 cm³/mol. The van der Waals surface area contributed by atoms with Crippen molar-refractivity contribution in [1.29, 1.82) is 0 Å². The molecular weight excluding hydrogens is 152 g/mol. The molecule has 0 aromatic heterocycles. The van der Waals surface area contributed by atoms with Crippen LogP contribution in [0.3, 0.4) is 0 Å². The molecule has 0 amide bonds. The van der Waals surface area contributed by atoms with Gasteiger partial charge in [0.05, 0.1) is 12.4 Å². The lowest BCUT2D eigenvalue weighted by atomic mass is 10.3. The van der Waals surface area contributed by atoms with Gasteiger partial charge in [-0.1, -0.05) is 6.92 Å². The molecule has 60 valence electrons. The largest absolute Gasteiger partial charge is 0.481 e. The quantitative estimate of drug-likeness (QED) is 0.620. The number of carboxylic acids is 1. The van der Waals surface area contributed by atoms with Crippen molar-refractivity contribution in [3.8, 4) is 0 Å². The smallest absolute Gasteiger partial charge is 0.304 e. The second kappa shape index (κ2) is 5.56. The Kier molecular flexibility index (Phi) is 5.43. The van der Waals surface area contributed by atoms with E-state index in [-0.39, 0.29) is 11.7 Å². The number of carboxylic acid groups (broad SMARTS) is 1. The van der Waals surface area contributed by atoms with Crippen molar-refractivity contribution < 1.29 is 14.6 Å². The second-order valence-electron chi connectivity index (χ2n) is 1.98. The first kappa shape index (κ1) is 9.78. The number of thioether (sulfide) groups is 1. The molecule has 0 aliphatic carbocycles. The standard InChI is InChI=1S/C6H12O3S/c1-5(3-6(7)8)10-4-9-2/h5H,3-4H2,1-2H3,(H,7,8). The van der Waals surface area contributed by atoms with Gasteiger partial charge in [0.2, 0.25) is 0 Å². The highest BCUT2D eigenvalue weighted by molar-refractivity contribution is 7.99. The zero-order valence-electron chi connectivity index (χ0n) is 6.16. The van der Waals surface area contributed by atoms with Gasteiger partial charge in [0, 0.05) is 12.4 Å². The first-order valence-corrected chi connectivity index (χ1v) is 4.04. The second-order valence-corrected chi connectivity index (χ2v) is 3.36. The third-order valence-electron chi connectivity index (χ3n) is 0.932. The van der Waals surface area contributed by atoms with E-state index in [0.29, 0.717) is 5.94 Å². The van der Waals surface area contributed by atoms with E-state index < -0.39 is 5.97 Å². The van der Waals surface area contributed by atoms with Crippen LogP contribution in [0.4, 0.5) is 0 Å². The van der Waals surface area contributed by atoms with Crippen molar-refractivity contribution in [2.75, 3.05) is 13.0 Å². The minimum Gasteiger partial charge on any atom is -0.481 e. The molecule has 1 N–H and O–H groups in total. The molecule has 0 saturated heterocycles. The topological polar surface area (TPSA) is 46.5 Å². The molecule has 0 rings (SSSR count). The van der Waals surface area contributed by atoms with E-state index >= 15 is 0 Å². The summed E-state index contributed by atoms with van der Waals surface area (Å²) < 4.78 is 4.76. The van der Waals surface area contributed by atoms with E-state index in [2.05, 4.69) is 0 Å². The van der Waals surface area contributed by atoms with E-state index in [0.717, 1.165) is 0 Å². The van der Waals surface area contributed by atoms with Gasteiger partial charge in [0.15, 0.2) is 0 Å². The van der Waals surface area contributed by atoms with Crippen LogP contribution in [0.25, 0.3) is 0 Å². The maximum absolute atomic E-state index is 10.1. The van der Waals surface area contributed by atoms with Gasteiger partial charge in [-0.2, -0.15) is 0 Å². The van der Waals surface area contributed by atoms with Gasteiger partial charge in [-0.05, 0) is 0 Å². The van der Waals surface area contributed by atoms with Crippen LogP contribution in [0.1, 0.15) is 13.3 Å². The fourth-order valence-electron chi connectivity index (χ4n) is 0.489. The Bertz CT molecular complexity index is 105. The fraction of sp³-hybridized carbons (Fsp3) is 0.833. The Morgan fingerprint density at radius 1 is 1.80 bits per heavy atom. The molecule has 0 aromatic carbocycles. The first-order valence-electron chi connectivity index (χ1n) is 2.99. The van der Waals surface area contributed by atoms with Crippen molar-refractivity contribution in [1.82, 2.24) is 0 Å². The molecule has 1 atom stereocenters. The Morgan fingerprint density at radius 3 is 2.80 bits per heavy atom. The number of carbonyl (C=O) groups is 1. The van der Waals surface area contributed by atoms with Crippen LogP contribution in [0.2, 0.25) is 0 Å². The van der Waals surface area contributed by atoms with Gasteiger partial charge in [-0.3, -0.25) is 4.79 Å².